The van der Waals surface area contributed by atoms with Crippen molar-refractivity contribution in [3.05, 3.63) is 46.3 Å². The molecule has 136 valence electrons. The van der Waals surface area contributed by atoms with E-state index < -0.39 is 5.91 Å². The van der Waals surface area contributed by atoms with E-state index >= 15 is 0 Å². The first-order valence-electron chi connectivity index (χ1n) is 8.34. The van der Waals surface area contributed by atoms with E-state index in [1.165, 1.54) is 24.2 Å². The fraction of sp³-hybridized carbons (Fsp3) is 0.368. The summed E-state index contributed by atoms with van der Waals surface area (Å²) < 4.78 is 5.04. The molecule has 1 aromatic carbocycles. The number of aryl methyl sites for hydroxylation is 1. The van der Waals surface area contributed by atoms with Crippen LogP contribution in [0.3, 0.4) is 0 Å². The van der Waals surface area contributed by atoms with Crippen LogP contribution in [0.1, 0.15) is 59.2 Å². The van der Waals surface area contributed by atoms with Gasteiger partial charge in [-0.3, -0.25) is 9.59 Å². The zero-order valence-electron chi connectivity index (χ0n) is 15.2. The third-order valence-electron chi connectivity index (χ3n) is 3.48. The van der Waals surface area contributed by atoms with Crippen LogP contribution in [-0.2, 0) is 6.42 Å². The Morgan fingerprint density at radius 2 is 1.72 bits per heavy atom. The molecule has 0 unspecified atom stereocenters. The molecule has 0 aliphatic heterocycles. The topological polar surface area (TPSA) is 81.4 Å². The number of hydrogen-bond acceptors (Lipinski definition) is 4. The van der Waals surface area contributed by atoms with Gasteiger partial charge in [-0.2, -0.15) is 0 Å². The highest BCUT2D eigenvalue weighted by molar-refractivity contribution is 7.16. The third kappa shape index (κ3) is 6.23. The number of carbonyl (C=O) groups is 2. The number of amides is 2. The van der Waals surface area contributed by atoms with Gasteiger partial charge in [0.15, 0.2) is 0 Å². The summed E-state index contributed by atoms with van der Waals surface area (Å²) in [6, 6.07) is 8.45. The van der Waals surface area contributed by atoms with Crippen molar-refractivity contribution in [2.75, 3.05) is 12.4 Å². The summed E-state index contributed by atoms with van der Waals surface area (Å²) in [7, 11) is 1.56. The minimum Gasteiger partial charge on any atom is -0.497 e. The third-order valence-corrected chi connectivity index (χ3v) is 4.67. The van der Waals surface area contributed by atoms with Crippen molar-refractivity contribution in [1.29, 1.82) is 0 Å². The highest BCUT2D eigenvalue weighted by atomic mass is 32.1. The fourth-order valence-electron chi connectivity index (χ4n) is 1.81. The summed E-state index contributed by atoms with van der Waals surface area (Å²) in [5, 5.41) is 3.22. The van der Waals surface area contributed by atoms with Crippen molar-refractivity contribution in [3.8, 4) is 5.75 Å². The summed E-state index contributed by atoms with van der Waals surface area (Å²) >= 11 is 1.36. The van der Waals surface area contributed by atoms with Gasteiger partial charge in [-0.25, -0.2) is 0 Å². The smallest absolute Gasteiger partial charge is 0.256 e. The molecule has 2 aromatic rings. The molecule has 2 rings (SSSR count). The molecule has 3 N–H and O–H groups in total. The van der Waals surface area contributed by atoms with Gasteiger partial charge in [0.05, 0.1) is 12.7 Å². The molecule has 5 nitrogen and oxygen atoms in total. The van der Waals surface area contributed by atoms with Crippen molar-refractivity contribution < 1.29 is 14.3 Å². The van der Waals surface area contributed by atoms with Crippen molar-refractivity contribution in [3.63, 3.8) is 0 Å². The Kier molecular flexibility index (Phi) is 8.70. The number of methoxy groups -OCH3 is 1. The fourth-order valence-corrected chi connectivity index (χ4v) is 2.81. The number of benzene rings is 1. The number of unbranched alkanes of at least 4 members (excludes halogenated alkanes) is 1. The Labute approximate surface area is 153 Å². The van der Waals surface area contributed by atoms with Gasteiger partial charge in [-0.1, -0.05) is 33.6 Å². The summed E-state index contributed by atoms with van der Waals surface area (Å²) in [4.78, 5) is 24.6. The van der Waals surface area contributed by atoms with Crippen molar-refractivity contribution in [2.24, 2.45) is 5.73 Å². The van der Waals surface area contributed by atoms with Crippen molar-refractivity contribution in [2.45, 2.75) is 40.0 Å². The van der Waals surface area contributed by atoms with E-state index in [4.69, 9.17) is 10.5 Å². The Morgan fingerprint density at radius 3 is 2.16 bits per heavy atom. The zero-order valence-corrected chi connectivity index (χ0v) is 16.0. The average molecular weight is 362 g/mol. The average Bonchev–Trinajstić information content (AvgIpc) is 3.05. The standard InChI is InChI=1S/C15H16N2O3S.C4H10/c1-3-11-8-12(13(16)18)15(21-11)17-14(19)9-4-6-10(20-2)7-5-9;1-3-4-2/h4-8H,3H2,1-2H3,(H2,16,18)(H,17,19);3-4H2,1-2H3. The minimum atomic E-state index is -0.545. The molecule has 0 aliphatic carbocycles. The first kappa shape index (κ1) is 20.7. The SMILES string of the molecule is CCCC.CCc1cc(C(N)=O)c(NC(=O)c2ccc(OC)cc2)s1. The summed E-state index contributed by atoms with van der Waals surface area (Å²) in [5.41, 5.74) is 6.16. The van der Waals surface area contributed by atoms with Crippen LogP contribution >= 0.6 is 11.3 Å². The van der Waals surface area contributed by atoms with Crippen molar-refractivity contribution >= 4 is 28.2 Å². The summed E-state index contributed by atoms with van der Waals surface area (Å²) in [6.07, 6.45) is 3.42. The van der Waals surface area contributed by atoms with Gasteiger partial charge in [-0.05, 0) is 36.8 Å². The number of nitrogens with one attached hydrogen (secondary N) is 1. The van der Waals surface area contributed by atoms with Crippen LogP contribution in [0.2, 0.25) is 0 Å². The summed E-state index contributed by atoms with van der Waals surface area (Å²) in [6.45, 7) is 6.34. The van der Waals surface area contributed by atoms with Gasteiger partial charge in [0.1, 0.15) is 10.8 Å². The number of ether oxygens (including phenoxy) is 1. The molecule has 0 fully saturated rings. The maximum Gasteiger partial charge on any atom is 0.256 e. The lowest BCUT2D eigenvalue weighted by atomic mass is 10.2. The Hall–Kier alpha value is -2.34. The first-order chi connectivity index (χ1) is 12.0. The predicted octanol–water partition coefficient (Wildman–Crippen LogP) is 4.48. The lowest BCUT2D eigenvalue weighted by Crippen LogP contribution is -2.16. The molecule has 0 atom stereocenters. The molecular weight excluding hydrogens is 336 g/mol. The van der Waals surface area contributed by atoms with Crippen LogP contribution in [0.25, 0.3) is 0 Å². The number of thiophene rings is 1. The second kappa shape index (κ2) is 10.5. The number of anilines is 1. The van der Waals surface area contributed by atoms with Crippen LogP contribution in [-0.4, -0.2) is 18.9 Å². The molecule has 0 radical (unpaired) electrons. The Morgan fingerprint density at radius 1 is 1.12 bits per heavy atom. The lowest BCUT2D eigenvalue weighted by Gasteiger charge is -2.05. The van der Waals surface area contributed by atoms with Crippen LogP contribution in [0.4, 0.5) is 5.00 Å². The number of primary amides is 1. The van der Waals surface area contributed by atoms with E-state index in [0.717, 1.165) is 11.3 Å². The van der Waals surface area contributed by atoms with Crippen LogP contribution in [0, 0.1) is 0 Å². The van der Waals surface area contributed by atoms with E-state index in [2.05, 4.69) is 19.2 Å². The number of carbonyl (C=O) groups excluding carboxylic acids is 2. The largest absolute Gasteiger partial charge is 0.497 e. The maximum absolute atomic E-state index is 12.2. The van der Waals surface area contributed by atoms with E-state index in [9.17, 15) is 9.59 Å². The number of nitrogens with two attached hydrogens (primary N) is 1. The second-order valence-electron chi connectivity index (χ2n) is 5.36. The Bertz CT molecular complexity index is 691. The monoisotopic (exact) mass is 362 g/mol. The molecule has 0 aliphatic rings. The van der Waals surface area contributed by atoms with Gasteiger partial charge < -0.3 is 15.8 Å². The molecule has 1 heterocycles. The van der Waals surface area contributed by atoms with Crippen LogP contribution in [0.15, 0.2) is 30.3 Å². The molecule has 2 amide bonds. The molecular formula is C19H26N2O3S. The molecule has 1 aromatic heterocycles. The summed E-state index contributed by atoms with van der Waals surface area (Å²) in [5.74, 6) is -0.158. The highest BCUT2D eigenvalue weighted by Crippen LogP contribution is 2.28. The molecule has 0 spiro atoms. The first-order valence-corrected chi connectivity index (χ1v) is 9.16. The molecule has 0 bridgehead atoms. The van der Waals surface area contributed by atoms with Crippen LogP contribution < -0.4 is 15.8 Å². The van der Waals surface area contributed by atoms with Gasteiger partial charge in [0.2, 0.25) is 0 Å². The van der Waals surface area contributed by atoms with Crippen molar-refractivity contribution in [1.82, 2.24) is 0 Å². The second-order valence-corrected chi connectivity index (χ2v) is 6.49. The van der Waals surface area contributed by atoms with E-state index in [1.54, 1.807) is 37.4 Å². The molecule has 25 heavy (non-hydrogen) atoms. The van der Waals surface area contributed by atoms with Gasteiger partial charge in [0, 0.05) is 10.4 Å². The van der Waals surface area contributed by atoms with E-state index in [1.807, 2.05) is 6.92 Å². The molecule has 6 heteroatoms. The quantitative estimate of drug-likeness (QED) is 0.795. The molecule has 0 saturated carbocycles. The van der Waals surface area contributed by atoms with Gasteiger partial charge in [-0.15, -0.1) is 11.3 Å². The number of hydrogen-bond donors (Lipinski definition) is 2. The maximum atomic E-state index is 12.2. The normalized spacial score (nSPS) is 9.76. The van der Waals surface area contributed by atoms with Gasteiger partial charge >= 0.3 is 0 Å². The minimum absolute atomic E-state index is 0.287. The Balaban J connectivity index is 0.000000705. The van der Waals surface area contributed by atoms with E-state index in [-0.39, 0.29) is 5.91 Å². The van der Waals surface area contributed by atoms with E-state index in [0.29, 0.717) is 21.9 Å². The zero-order chi connectivity index (χ0) is 18.8. The van der Waals surface area contributed by atoms with Gasteiger partial charge in [0.25, 0.3) is 11.8 Å². The lowest BCUT2D eigenvalue weighted by molar-refractivity contribution is 0.100. The van der Waals surface area contributed by atoms with Crippen LogP contribution in [0.5, 0.6) is 5.75 Å². The number of rotatable bonds is 6. The molecule has 0 saturated heterocycles. The highest BCUT2D eigenvalue weighted by Gasteiger charge is 2.16. The predicted molar refractivity (Wildman–Crippen MR) is 104 cm³/mol.